The van der Waals surface area contributed by atoms with E-state index < -0.39 is 0 Å². The maximum atomic E-state index is 5.96. The number of ether oxygens (including phenoxy) is 1. The molecule has 0 aliphatic rings. The fourth-order valence-corrected chi connectivity index (χ4v) is 5.38. The largest absolute Gasteiger partial charge is 0.484 e. The quantitative estimate of drug-likeness (QED) is 0.287. The molecule has 0 saturated heterocycles. The average Bonchev–Trinajstić information content (AvgIpc) is 3.48. The lowest BCUT2D eigenvalue weighted by Crippen LogP contribution is -1.94. The third-order valence-corrected chi connectivity index (χ3v) is 6.91. The lowest BCUT2D eigenvalue weighted by molar-refractivity contribution is 0.270. The first-order valence-electron chi connectivity index (χ1n) is 9.95. The first-order chi connectivity index (χ1) is 15.6. The Morgan fingerprint density at radius 2 is 2.00 bits per heavy atom. The van der Waals surface area contributed by atoms with Crippen molar-refractivity contribution in [3.63, 3.8) is 0 Å². The number of hydrogen-bond donors (Lipinski definition) is 0. The van der Waals surface area contributed by atoms with Crippen molar-refractivity contribution in [3.05, 3.63) is 70.3 Å². The molecular weight excluding hydrogens is 490 g/mol. The van der Waals surface area contributed by atoms with Gasteiger partial charge in [-0.2, -0.15) is 0 Å². The minimum Gasteiger partial charge on any atom is -0.484 e. The Labute approximate surface area is 194 Å². The summed E-state index contributed by atoms with van der Waals surface area (Å²) in [6.45, 7) is 4.40. The molecule has 0 saturated carbocycles. The summed E-state index contributed by atoms with van der Waals surface area (Å²) in [7, 11) is 0. The van der Waals surface area contributed by atoms with E-state index in [-0.39, 0.29) is 0 Å². The summed E-state index contributed by atoms with van der Waals surface area (Å²) >= 11 is 5.07. The molecule has 6 rings (SSSR count). The smallest absolute Gasteiger partial charge is 0.218 e. The molecule has 1 aromatic carbocycles. The Balaban J connectivity index is 1.37. The zero-order valence-electron chi connectivity index (χ0n) is 17.2. The lowest BCUT2D eigenvalue weighted by Gasteiger charge is -2.05. The summed E-state index contributed by atoms with van der Waals surface area (Å²) in [6, 6.07) is 13.5. The second kappa shape index (κ2) is 7.39. The normalized spacial score (nSPS) is 11.7. The Bertz CT molecular complexity index is 1630. The number of furan rings is 1. The highest BCUT2D eigenvalue weighted by Gasteiger charge is 2.18. The van der Waals surface area contributed by atoms with Gasteiger partial charge in [-0.1, -0.05) is 12.1 Å². The Hall–Kier alpha value is -3.30. The van der Waals surface area contributed by atoms with Crippen LogP contribution in [0.5, 0.6) is 5.75 Å². The first-order valence-corrected chi connectivity index (χ1v) is 11.6. The predicted molar refractivity (Wildman–Crippen MR) is 127 cm³/mol. The molecule has 32 heavy (non-hydrogen) atoms. The molecule has 6 aromatic rings. The van der Waals surface area contributed by atoms with Crippen LogP contribution in [-0.2, 0) is 6.61 Å². The van der Waals surface area contributed by atoms with Gasteiger partial charge < -0.3 is 9.15 Å². The van der Waals surface area contributed by atoms with Gasteiger partial charge in [0.2, 0.25) is 5.82 Å². The summed E-state index contributed by atoms with van der Waals surface area (Å²) < 4.78 is 15.4. The second-order valence-corrected chi connectivity index (χ2v) is 9.33. The molecule has 0 aliphatic heterocycles. The molecule has 0 atom stereocenters. The van der Waals surface area contributed by atoms with E-state index in [0.717, 1.165) is 47.6 Å². The van der Waals surface area contributed by atoms with Gasteiger partial charge in [0, 0.05) is 11.1 Å². The zero-order valence-corrected chi connectivity index (χ0v) is 19.6. The molecule has 0 aliphatic carbocycles. The number of benzene rings is 1. The fourth-order valence-electron chi connectivity index (χ4n) is 3.76. The molecular formula is C23H16BrN5O2S. The number of aryl methyl sites for hydroxylation is 2. The lowest BCUT2D eigenvalue weighted by atomic mass is 10.1. The number of thiophene rings is 1. The van der Waals surface area contributed by atoms with Crippen molar-refractivity contribution in [2.24, 2.45) is 0 Å². The van der Waals surface area contributed by atoms with Crippen LogP contribution in [0.1, 0.15) is 17.0 Å². The zero-order chi connectivity index (χ0) is 21.8. The van der Waals surface area contributed by atoms with Crippen molar-refractivity contribution < 1.29 is 9.15 Å². The number of aromatic nitrogens is 5. The van der Waals surface area contributed by atoms with E-state index in [1.165, 1.54) is 0 Å². The molecule has 0 bridgehead atoms. The van der Waals surface area contributed by atoms with Gasteiger partial charge in [0.1, 0.15) is 34.0 Å². The number of rotatable bonds is 4. The molecule has 0 fully saturated rings. The number of para-hydroxylation sites is 1. The van der Waals surface area contributed by atoms with Crippen LogP contribution in [0.3, 0.4) is 0 Å². The van der Waals surface area contributed by atoms with E-state index in [1.54, 1.807) is 22.2 Å². The summed E-state index contributed by atoms with van der Waals surface area (Å²) in [6.07, 6.45) is 1.69. The minimum atomic E-state index is 0.308. The molecule has 5 heterocycles. The van der Waals surface area contributed by atoms with Crippen molar-refractivity contribution in [2.75, 3.05) is 0 Å². The molecule has 0 N–H and O–H groups in total. The molecule has 158 valence electrons. The monoisotopic (exact) mass is 505 g/mol. The van der Waals surface area contributed by atoms with Gasteiger partial charge in [-0.05, 0) is 65.7 Å². The van der Waals surface area contributed by atoms with Gasteiger partial charge in [-0.15, -0.1) is 16.4 Å². The van der Waals surface area contributed by atoms with E-state index in [1.807, 2.05) is 43.3 Å². The van der Waals surface area contributed by atoms with Crippen molar-refractivity contribution in [2.45, 2.75) is 20.5 Å². The molecule has 7 nitrogen and oxygen atoms in total. The van der Waals surface area contributed by atoms with E-state index in [9.17, 15) is 0 Å². The first kappa shape index (κ1) is 19.4. The van der Waals surface area contributed by atoms with E-state index in [2.05, 4.69) is 44.0 Å². The predicted octanol–water partition coefficient (Wildman–Crippen LogP) is 6.11. The van der Waals surface area contributed by atoms with Crippen LogP contribution in [0.25, 0.3) is 37.7 Å². The standard InChI is InChI=1S/C23H16BrN5O2S/c1-12-9-13(2)26-23-18(12)19-20(32-23)22-27-21(28-29(22)11-25-19)17-8-7-14(31-17)10-30-16-6-4-3-5-15(16)24/h3-9,11H,10H2,1-2H3. The number of nitrogens with zero attached hydrogens (tertiary/aromatic N) is 5. The van der Waals surface area contributed by atoms with Gasteiger partial charge >= 0.3 is 0 Å². The highest BCUT2D eigenvalue weighted by atomic mass is 79.9. The topological polar surface area (TPSA) is 78.3 Å². The Kier molecular flexibility index (Phi) is 4.48. The summed E-state index contributed by atoms with van der Waals surface area (Å²) in [5.74, 6) is 2.53. The fraction of sp³-hybridized carbons (Fsp3) is 0.130. The molecule has 5 aromatic heterocycles. The Morgan fingerprint density at radius 1 is 1.12 bits per heavy atom. The van der Waals surface area contributed by atoms with E-state index >= 15 is 0 Å². The number of hydrogen-bond acceptors (Lipinski definition) is 7. The SMILES string of the molecule is Cc1cc(C)c2c(n1)sc1c2ncn2nc(-c3ccc(COc4ccccc4Br)o3)nc12. The number of pyridine rings is 1. The van der Waals surface area contributed by atoms with Crippen LogP contribution >= 0.6 is 27.3 Å². The number of halogens is 1. The van der Waals surface area contributed by atoms with E-state index in [0.29, 0.717) is 24.0 Å². The molecule has 9 heteroatoms. The van der Waals surface area contributed by atoms with Crippen LogP contribution in [0.4, 0.5) is 0 Å². The van der Waals surface area contributed by atoms with Gasteiger partial charge in [-0.3, -0.25) is 0 Å². The van der Waals surface area contributed by atoms with Crippen LogP contribution in [-0.4, -0.2) is 24.6 Å². The third kappa shape index (κ3) is 3.16. The maximum absolute atomic E-state index is 5.96. The minimum absolute atomic E-state index is 0.308. The second-order valence-electron chi connectivity index (χ2n) is 7.47. The average molecular weight is 506 g/mol. The summed E-state index contributed by atoms with van der Waals surface area (Å²) in [4.78, 5) is 15.1. The van der Waals surface area contributed by atoms with Gasteiger partial charge in [-0.25, -0.2) is 19.5 Å². The van der Waals surface area contributed by atoms with Gasteiger partial charge in [0.25, 0.3) is 0 Å². The third-order valence-electron chi connectivity index (χ3n) is 5.18. The van der Waals surface area contributed by atoms with Crippen molar-refractivity contribution >= 4 is 53.3 Å². The van der Waals surface area contributed by atoms with Crippen LogP contribution in [0, 0.1) is 13.8 Å². The highest BCUT2D eigenvalue weighted by Crippen LogP contribution is 2.36. The molecule has 0 amide bonds. The van der Waals surface area contributed by atoms with Crippen molar-refractivity contribution in [1.82, 2.24) is 24.6 Å². The van der Waals surface area contributed by atoms with Crippen LogP contribution in [0.15, 0.2) is 57.7 Å². The van der Waals surface area contributed by atoms with Crippen LogP contribution < -0.4 is 4.74 Å². The molecule has 0 spiro atoms. The van der Waals surface area contributed by atoms with Crippen molar-refractivity contribution in [1.29, 1.82) is 0 Å². The van der Waals surface area contributed by atoms with Gasteiger partial charge in [0.15, 0.2) is 11.4 Å². The summed E-state index contributed by atoms with van der Waals surface area (Å²) in [5.41, 5.74) is 3.81. The van der Waals surface area contributed by atoms with Gasteiger partial charge in [0.05, 0.1) is 9.99 Å². The molecule has 0 unspecified atom stereocenters. The highest BCUT2D eigenvalue weighted by molar-refractivity contribution is 9.10. The van der Waals surface area contributed by atoms with Crippen molar-refractivity contribution in [3.8, 4) is 17.3 Å². The Morgan fingerprint density at radius 3 is 2.88 bits per heavy atom. The number of fused-ring (bicyclic) bond motifs is 5. The van der Waals surface area contributed by atoms with E-state index in [4.69, 9.17) is 14.1 Å². The van der Waals surface area contributed by atoms with Crippen LogP contribution in [0.2, 0.25) is 0 Å². The summed E-state index contributed by atoms with van der Waals surface area (Å²) in [5, 5.41) is 5.65. The maximum Gasteiger partial charge on any atom is 0.218 e. The molecule has 0 radical (unpaired) electrons.